The van der Waals surface area contributed by atoms with Gasteiger partial charge in [-0.2, -0.15) is 4.98 Å². The third-order valence-corrected chi connectivity index (χ3v) is 3.20. The third-order valence-electron chi connectivity index (χ3n) is 2.72. The number of nitrogens with zero attached hydrogens (tertiary/aromatic N) is 3. The molecule has 3 aromatic rings. The highest BCUT2D eigenvalue weighted by molar-refractivity contribution is 6.31. The summed E-state index contributed by atoms with van der Waals surface area (Å²) in [6, 6.07) is 13.0. The fraction of sp³-hybridized carbons (Fsp3) is 0. The summed E-state index contributed by atoms with van der Waals surface area (Å²) in [4.78, 5) is 4.19. The average Bonchev–Trinajstić information content (AvgIpc) is 2.82. The van der Waals surface area contributed by atoms with E-state index < -0.39 is 0 Å². The molecule has 6 heteroatoms. The van der Waals surface area contributed by atoms with Crippen molar-refractivity contribution >= 4 is 23.2 Å². The molecule has 3 nitrogen and oxygen atoms in total. The van der Waals surface area contributed by atoms with Crippen molar-refractivity contribution in [3.8, 4) is 17.1 Å². The SMILES string of the molecule is Fc1ccc(-n2nc(-c3cccc(Cl)c3)nc2Cl)cc1. The molecular formula is C14H8Cl2FN3. The van der Waals surface area contributed by atoms with Crippen molar-refractivity contribution in [2.75, 3.05) is 0 Å². The van der Waals surface area contributed by atoms with Crippen LogP contribution in [0.5, 0.6) is 0 Å². The number of rotatable bonds is 2. The van der Waals surface area contributed by atoms with E-state index >= 15 is 0 Å². The lowest BCUT2D eigenvalue weighted by Gasteiger charge is -2.00. The van der Waals surface area contributed by atoms with Crippen molar-refractivity contribution in [2.45, 2.75) is 0 Å². The van der Waals surface area contributed by atoms with Crippen LogP contribution >= 0.6 is 23.2 Å². The molecule has 0 saturated heterocycles. The zero-order chi connectivity index (χ0) is 14.1. The van der Waals surface area contributed by atoms with Crippen LogP contribution < -0.4 is 0 Å². The first-order valence-electron chi connectivity index (χ1n) is 5.78. The molecule has 0 atom stereocenters. The van der Waals surface area contributed by atoms with Crippen LogP contribution in [0.4, 0.5) is 4.39 Å². The first-order valence-corrected chi connectivity index (χ1v) is 6.53. The molecule has 0 aliphatic heterocycles. The lowest BCUT2D eigenvalue weighted by Crippen LogP contribution is -1.96. The van der Waals surface area contributed by atoms with Gasteiger partial charge in [0.1, 0.15) is 5.82 Å². The quantitative estimate of drug-likeness (QED) is 0.703. The summed E-state index contributed by atoms with van der Waals surface area (Å²) in [6.07, 6.45) is 0. The molecule has 3 rings (SSSR count). The molecule has 0 unspecified atom stereocenters. The Labute approximate surface area is 124 Å². The topological polar surface area (TPSA) is 30.7 Å². The van der Waals surface area contributed by atoms with Crippen molar-refractivity contribution in [3.05, 3.63) is 64.7 Å². The molecule has 0 radical (unpaired) electrons. The lowest BCUT2D eigenvalue weighted by molar-refractivity contribution is 0.627. The Morgan fingerprint density at radius 3 is 2.45 bits per heavy atom. The first-order chi connectivity index (χ1) is 9.63. The van der Waals surface area contributed by atoms with E-state index in [1.807, 2.05) is 12.1 Å². The smallest absolute Gasteiger partial charge is 0.207 e. The highest BCUT2D eigenvalue weighted by Crippen LogP contribution is 2.23. The molecule has 0 aliphatic rings. The highest BCUT2D eigenvalue weighted by atomic mass is 35.5. The summed E-state index contributed by atoms with van der Waals surface area (Å²) in [5.74, 6) is 0.141. The second-order valence-corrected chi connectivity index (χ2v) is 4.88. The van der Waals surface area contributed by atoms with Crippen LogP contribution in [0.3, 0.4) is 0 Å². The molecule has 0 spiro atoms. The molecule has 1 heterocycles. The maximum Gasteiger partial charge on any atom is 0.226 e. The Morgan fingerprint density at radius 1 is 1.00 bits per heavy atom. The molecule has 0 amide bonds. The van der Waals surface area contributed by atoms with Gasteiger partial charge in [0.2, 0.25) is 5.28 Å². The largest absolute Gasteiger partial charge is 0.226 e. The van der Waals surface area contributed by atoms with Crippen molar-refractivity contribution in [2.24, 2.45) is 0 Å². The fourth-order valence-corrected chi connectivity index (χ4v) is 2.20. The van der Waals surface area contributed by atoms with Gasteiger partial charge >= 0.3 is 0 Å². The Morgan fingerprint density at radius 2 is 1.75 bits per heavy atom. The molecule has 1 aromatic heterocycles. The number of aromatic nitrogens is 3. The number of hydrogen-bond acceptors (Lipinski definition) is 2. The first kappa shape index (κ1) is 13.1. The van der Waals surface area contributed by atoms with E-state index in [1.54, 1.807) is 24.3 Å². The van der Waals surface area contributed by atoms with E-state index in [0.29, 0.717) is 16.5 Å². The van der Waals surface area contributed by atoms with E-state index in [4.69, 9.17) is 23.2 Å². The van der Waals surface area contributed by atoms with Gasteiger partial charge < -0.3 is 0 Å². The van der Waals surface area contributed by atoms with Crippen LogP contribution in [0.2, 0.25) is 10.3 Å². The molecular weight excluding hydrogens is 300 g/mol. The summed E-state index contributed by atoms with van der Waals surface area (Å²) >= 11 is 12.0. The zero-order valence-corrected chi connectivity index (χ0v) is 11.6. The standard InChI is InChI=1S/C14H8Cl2FN3/c15-10-3-1-2-9(8-10)13-18-14(16)20(19-13)12-6-4-11(17)5-7-12/h1-8H. The molecule has 2 aromatic carbocycles. The summed E-state index contributed by atoms with van der Waals surface area (Å²) in [5, 5.41) is 5.11. The molecule has 0 fully saturated rings. The molecule has 0 bridgehead atoms. The van der Waals surface area contributed by atoms with Crippen molar-refractivity contribution < 1.29 is 4.39 Å². The Hall–Kier alpha value is -1.91. The maximum absolute atomic E-state index is 12.9. The molecule has 0 saturated carbocycles. The van der Waals surface area contributed by atoms with Crippen LogP contribution in [-0.2, 0) is 0 Å². The van der Waals surface area contributed by atoms with E-state index in [0.717, 1.165) is 5.56 Å². The van der Waals surface area contributed by atoms with Crippen LogP contribution in [0, 0.1) is 5.82 Å². The number of hydrogen-bond donors (Lipinski definition) is 0. The van der Waals surface area contributed by atoms with Crippen molar-refractivity contribution in [1.82, 2.24) is 14.8 Å². The van der Waals surface area contributed by atoms with E-state index in [1.165, 1.54) is 16.8 Å². The summed E-state index contributed by atoms with van der Waals surface area (Å²) in [5.41, 5.74) is 1.40. The second kappa shape index (κ2) is 5.23. The van der Waals surface area contributed by atoms with Crippen LogP contribution in [0.15, 0.2) is 48.5 Å². The van der Waals surface area contributed by atoms with Crippen molar-refractivity contribution in [1.29, 1.82) is 0 Å². The third kappa shape index (κ3) is 2.53. The summed E-state index contributed by atoms with van der Waals surface area (Å²) < 4.78 is 14.4. The Bertz CT molecular complexity index is 753. The van der Waals surface area contributed by atoms with Gasteiger partial charge in [-0.15, -0.1) is 5.10 Å². The zero-order valence-electron chi connectivity index (χ0n) is 10.1. The minimum atomic E-state index is -0.319. The van der Waals surface area contributed by atoms with Gasteiger partial charge in [-0.3, -0.25) is 0 Å². The molecule has 0 aliphatic carbocycles. The van der Waals surface area contributed by atoms with Crippen LogP contribution in [0.1, 0.15) is 0 Å². The fourth-order valence-electron chi connectivity index (χ4n) is 1.79. The normalized spacial score (nSPS) is 10.8. The average molecular weight is 308 g/mol. The van der Waals surface area contributed by atoms with Gasteiger partial charge in [-0.05, 0) is 48.0 Å². The van der Waals surface area contributed by atoms with E-state index in [9.17, 15) is 4.39 Å². The number of benzene rings is 2. The maximum atomic E-state index is 12.9. The van der Waals surface area contributed by atoms with Gasteiger partial charge in [0.25, 0.3) is 0 Å². The molecule has 0 N–H and O–H groups in total. The Balaban J connectivity index is 2.05. The monoisotopic (exact) mass is 307 g/mol. The minimum Gasteiger partial charge on any atom is -0.207 e. The van der Waals surface area contributed by atoms with Gasteiger partial charge in [0.15, 0.2) is 5.82 Å². The van der Waals surface area contributed by atoms with Gasteiger partial charge in [0.05, 0.1) is 5.69 Å². The second-order valence-electron chi connectivity index (χ2n) is 4.10. The predicted molar refractivity (Wildman–Crippen MR) is 76.8 cm³/mol. The van der Waals surface area contributed by atoms with Gasteiger partial charge in [-0.25, -0.2) is 9.07 Å². The van der Waals surface area contributed by atoms with Crippen LogP contribution in [0.25, 0.3) is 17.1 Å². The minimum absolute atomic E-state index is 0.201. The predicted octanol–water partition coefficient (Wildman–Crippen LogP) is 4.38. The lowest BCUT2D eigenvalue weighted by atomic mass is 10.2. The Kier molecular flexibility index (Phi) is 3.42. The summed E-state index contributed by atoms with van der Waals surface area (Å²) in [7, 11) is 0. The molecule has 100 valence electrons. The van der Waals surface area contributed by atoms with Gasteiger partial charge in [-0.1, -0.05) is 23.7 Å². The summed E-state index contributed by atoms with van der Waals surface area (Å²) in [6.45, 7) is 0. The highest BCUT2D eigenvalue weighted by Gasteiger charge is 2.11. The van der Waals surface area contributed by atoms with Crippen LogP contribution in [-0.4, -0.2) is 14.8 Å². The van der Waals surface area contributed by atoms with E-state index in [-0.39, 0.29) is 11.1 Å². The van der Waals surface area contributed by atoms with Gasteiger partial charge in [0, 0.05) is 10.6 Å². The molecule has 20 heavy (non-hydrogen) atoms. The van der Waals surface area contributed by atoms with Crippen molar-refractivity contribution in [3.63, 3.8) is 0 Å². The van der Waals surface area contributed by atoms with E-state index in [2.05, 4.69) is 10.1 Å². The number of halogens is 3.